The summed E-state index contributed by atoms with van der Waals surface area (Å²) in [6.07, 6.45) is 3.17. The molecular weight excluding hydrogens is 319 g/mol. The molecule has 0 aliphatic heterocycles. The Labute approximate surface area is 145 Å². The molecule has 0 N–H and O–H groups in total. The second kappa shape index (κ2) is 6.02. The van der Waals surface area contributed by atoms with Crippen molar-refractivity contribution >= 4 is 16.7 Å². The summed E-state index contributed by atoms with van der Waals surface area (Å²) in [6.45, 7) is 10.0. The van der Waals surface area contributed by atoms with Gasteiger partial charge in [0.05, 0.1) is 5.52 Å². The third-order valence-electron chi connectivity index (χ3n) is 3.89. The smallest absolute Gasteiger partial charge is 0.180 e. The van der Waals surface area contributed by atoms with Crippen LogP contribution in [0.4, 0.5) is 4.39 Å². The van der Waals surface area contributed by atoms with Gasteiger partial charge in [-0.15, -0.1) is 0 Å². The summed E-state index contributed by atoms with van der Waals surface area (Å²) in [7, 11) is 0. The molecule has 0 bridgehead atoms. The Hall–Kier alpha value is -2.63. The van der Waals surface area contributed by atoms with E-state index in [0.717, 1.165) is 0 Å². The number of nitrogens with zero attached hydrogens (tertiary/aromatic N) is 4. The maximum absolute atomic E-state index is 14.7. The van der Waals surface area contributed by atoms with Crippen molar-refractivity contribution in [1.82, 2.24) is 19.7 Å². The molecule has 0 amide bonds. The number of ketones is 1. The molecule has 0 fully saturated rings. The van der Waals surface area contributed by atoms with Crippen molar-refractivity contribution in [3.63, 3.8) is 0 Å². The summed E-state index contributed by atoms with van der Waals surface area (Å²) >= 11 is 0. The molecule has 2 aromatic heterocycles. The maximum Gasteiger partial charge on any atom is 0.180 e. The minimum absolute atomic E-state index is 0.0487. The van der Waals surface area contributed by atoms with Gasteiger partial charge in [0.25, 0.3) is 0 Å². The summed E-state index contributed by atoms with van der Waals surface area (Å²) in [4.78, 5) is 20.3. The van der Waals surface area contributed by atoms with Gasteiger partial charge in [-0.1, -0.05) is 20.8 Å². The lowest BCUT2D eigenvalue weighted by atomic mass is 9.97. The molecule has 0 atom stereocenters. The summed E-state index contributed by atoms with van der Waals surface area (Å²) in [5.74, 6) is 0.0909. The quantitative estimate of drug-likeness (QED) is 0.671. The number of benzene rings is 1. The third kappa shape index (κ3) is 3.43. The van der Waals surface area contributed by atoms with Crippen LogP contribution in [0.3, 0.4) is 0 Å². The zero-order valence-electron chi connectivity index (χ0n) is 15.1. The van der Waals surface area contributed by atoms with E-state index in [1.807, 2.05) is 0 Å². The third-order valence-corrected chi connectivity index (χ3v) is 3.89. The fourth-order valence-electron chi connectivity index (χ4n) is 2.78. The first kappa shape index (κ1) is 17.2. The van der Waals surface area contributed by atoms with E-state index in [1.54, 1.807) is 30.1 Å². The van der Waals surface area contributed by atoms with E-state index in [2.05, 4.69) is 35.8 Å². The molecule has 0 unspecified atom stereocenters. The van der Waals surface area contributed by atoms with Crippen molar-refractivity contribution in [2.75, 3.05) is 0 Å². The lowest BCUT2D eigenvalue weighted by Crippen LogP contribution is -2.16. The largest absolute Gasteiger partial charge is 0.293 e. The number of carbonyl (C=O) groups excluding carboxylic acids is 1. The zero-order valence-corrected chi connectivity index (χ0v) is 15.1. The van der Waals surface area contributed by atoms with E-state index in [1.165, 1.54) is 13.0 Å². The van der Waals surface area contributed by atoms with E-state index in [0.29, 0.717) is 40.1 Å². The number of aromatic nitrogens is 4. The highest BCUT2D eigenvalue weighted by Crippen LogP contribution is 2.30. The number of rotatable bonds is 3. The van der Waals surface area contributed by atoms with Crippen molar-refractivity contribution in [2.24, 2.45) is 5.41 Å². The Morgan fingerprint density at radius 1 is 1.20 bits per heavy atom. The second-order valence-corrected chi connectivity index (χ2v) is 7.49. The van der Waals surface area contributed by atoms with Crippen molar-refractivity contribution in [3.05, 3.63) is 41.9 Å². The fraction of sp³-hybridized carbons (Fsp3) is 0.368. The molecule has 0 aliphatic rings. The van der Waals surface area contributed by atoms with E-state index < -0.39 is 0 Å². The van der Waals surface area contributed by atoms with Gasteiger partial charge >= 0.3 is 0 Å². The first-order valence-corrected chi connectivity index (χ1v) is 8.16. The van der Waals surface area contributed by atoms with Crippen molar-refractivity contribution in [1.29, 1.82) is 0 Å². The number of hydrogen-bond acceptors (Lipinski definition) is 4. The molecule has 0 spiro atoms. The van der Waals surface area contributed by atoms with Gasteiger partial charge in [-0.3, -0.25) is 9.48 Å². The van der Waals surface area contributed by atoms with Crippen LogP contribution in [-0.4, -0.2) is 25.5 Å². The number of Topliss-reactive ketones (excluding diaryl/α,β-unsaturated/α-hetero) is 1. The topological polar surface area (TPSA) is 60.7 Å². The Balaban J connectivity index is 2.23. The van der Waals surface area contributed by atoms with Crippen LogP contribution >= 0.6 is 0 Å². The number of halogens is 1. The molecule has 3 rings (SSSR count). The van der Waals surface area contributed by atoms with Crippen LogP contribution in [-0.2, 0) is 6.54 Å². The number of carbonyl (C=O) groups is 1. The molecular formula is C19H21FN4O. The monoisotopic (exact) mass is 340 g/mol. The molecule has 5 nitrogen and oxygen atoms in total. The average Bonchev–Trinajstić information content (AvgIpc) is 2.84. The van der Waals surface area contributed by atoms with Crippen LogP contribution in [0, 0.1) is 18.2 Å². The average molecular weight is 340 g/mol. The van der Waals surface area contributed by atoms with Gasteiger partial charge in [-0.25, -0.2) is 14.4 Å². The first-order chi connectivity index (χ1) is 11.7. The molecule has 3 aromatic rings. The van der Waals surface area contributed by atoms with Crippen molar-refractivity contribution in [3.8, 4) is 11.1 Å². The molecule has 6 heteroatoms. The standard InChI is InChI=1S/C19H21FN4O/c1-11(25)18-15-6-14(13-8-21-12(2)22-9-13)16(20)7-17(15)24(23-18)10-19(3,4)5/h6-9H,10H2,1-5H3. The van der Waals surface area contributed by atoms with Gasteiger partial charge < -0.3 is 0 Å². The predicted octanol–water partition coefficient (Wildman–Crippen LogP) is 4.19. The van der Waals surface area contributed by atoms with Crippen LogP contribution in [0.25, 0.3) is 22.0 Å². The summed E-state index contributed by atoms with van der Waals surface area (Å²) in [6, 6.07) is 3.11. The molecule has 0 saturated heterocycles. The Bertz CT molecular complexity index is 952. The van der Waals surface area contributed by atoms with Gasteiger partial charge in [0.15, 0.2) is 5.78 Å². The van der Waals surface area contributed by atoms with Crippen LogP contribution in [0.15, 0.2) is 24.5 Å². The molecule has 0 aliphatic carbocycles. The number of hydrogen-bond donors (Lipinski definition) is 0. The molecule has 1 aromatic carbocycles. The van der Waals surface area contributed by atoms with E-state index in [9.17, 15) is 9.18 Å². The van der Waals surface area contributed by atoms with Gasteiger partial charge in [-0.2, -0.15) is 5.10 Å². The van der Waals surface area contributed by atoms with Gasteiger partial charge in [0.1, 0.15) is 17.3 Å². The highest BCUT2D eigenvalue weighted by molar-refractivity contribution is 6.05. The van der Waals surface area contributed by atoms with Gasteiger partial charge in [0, 0.05) is 48.4 Å². The summed E-state index contributed by atoms with van der Waals surface area (Å²) in [5.41, 5.74) is 1.86. The lowest BCUT2D eigenvalue weighted by Gasteiger charge is -2.18. The Morgan fingerprint density at radius 3 is 2.40 bits per heavy atom. The first-order valence-electron chi connectivity index (χ1n) is 8.16. The van der Waals surface area contributed by atoms with Crippen molar-refractivity contribution in [2.45, 2.75) is 41.2 Å². The SMILES string of the molecule is CC(=O)c1nn(CC(C)(C)C)c2cc(F)c(-c3cnc(C)nc3)cc12. The maximum atomic E-state index is 14.7. The molecule has 130 valence electrons. The van der Waals surface area contributed by atoms with Gasteiger partial charge in [-0.05, 0) is 18.4 Å². The highest BCUT2D eigenvalue weighted by atomic mass is 19.1. The molecule has 2 heterocycles. The van der Waals surface area contributed by atoms with Crippen LogP contribution in [0.5, 0.6) is 0 Å². The summed E-state index contributed by atoms with van der Waals surface area (Å²) in [5, 5.41) is 5.08. The second-order valence-electron chi connectivity index (χ2n) is 7.49. The van der Waals surface area contributed by atoms with Crippen LogP contribution in [0.2, 0.25) is 0 Å². The number of aryl methyl sites for hydroxylation is 1. The number of fused-ring (bicyclic) bond motifs is 1. The molecule has 0 saturated carbocycles. The van der Waals surface area contributed by atoms with E-state index >= 15 is 0 Å². The zero-order chi connectivity index (χ0) is 18.4. The summed E-state index contributed by atoms with van der Waals surface area (Å²) < 4.78 is 16.5. The van der Waals surface area contributed by atoms with Crippen LogP contribution < -0.4 is 0 Å². The highest BCUT2D eigenvalue weighted by Gasteiger charge is 2.21. The van der Waals surface area contributed by atoms with Gasteiger partial charge in [0.2, 0.25) is 0 Å². The van der Waals surface area contributed by atoms with E-state index in [4.69, 9.17) is 0 Å². The normalized spacial score (nSPS) is 11.9. The van der Waals surface area contributed by atoms with Crippen molar-refractivity contribution < 1.29 is 9.18 Å². The minimum atomic E-state index is -0.384. The Morgan fingerprint density at radius 2 is 1.84 bits per heavy atom. The van der Waals surface area contributed by atoms with Crippen LogP contribution in [0.1, 0.15) is 44.0 Å². The lowest BCUT2D eigenvalue weighted by molar-refractivity contribution is 0.101. The minimum Gasteiger partial charge on any atom is -0.293 e. The predicted molar refractivity (Wildman–Crippen MR) is 94.9 cm³/mol. The Kier molecular flexibility index (Phi) is 4.14. The van der Waals surface area contributed by atoms with E-state index in [-0.39, 0.29) is 17.0 Å². The molecule has 0 radical (unpaired) electrons. The molecule has 25 heavy (non-hydrogen) atoms. The fourth-order valence-corrected chi connectivity index (χ4v) is 2.78.